The predicted octanol–water partition coefficient (Wildman–Crippen LogP) is 0.703. The highest BCUT2D eigenvalue weighted by molar-refractivity contribution is 4.99. The fourth-order valence-electron chi connectivity index (χ4n) is 2.58. The molecule has 0 amide bonds. The first-order valence-electron chi connectivity index (χ1n) is 5.39. The summed E-state index contributed by atoms with van der Waals surface area (Å²) in [5.74, 6) is 3.13. The van der Waals surface area contributed by atoms with E-state index >= 15 is 0 Å². The minimum Gasteiger partial charge on any atom is -0.320 e. The van der Waals surface area contributed by atoms with Crippen LogP contribution in [0.1, 0.15) is 25.1 Å². The molecule has 76 valence electrons. The molecule has 2 aliphatic carbocycles. The van der Waals surface area contributed by atoms with Crippen LogP contribution in [0.2, 0.25) is 0 Å². The fraction of sp³-hybridized carbons (Fsp3) is 0.800. The zero-order valence-electron chi connectivity index (χ0n) is 8.48. The lowest BCUT2D eigenvalue weighted by atomic mass is 10.1. The number of fused-ring (bicyclic) bond motifs is 1. The highest BCUT2D eigenvalue weighted by Crippen LogP contribution is 2.51. The molecular weight excluding hydrogens is 176 g/mol. The second-order valence-electron chi connectivity index (χ2n) is 4.66. The van der Waals surface area contributed by atoms with E-state index in [1.165, 1.54) is 19.3 Å². The van der Waals surface area contributed by atoms with Gasteiger partial charge in [-0.3, -0.25) is 0 Å². The zero-order chi connectivity index (χ0) is 9.54. The average molecular weight is 192 g/mol. The van der Waals surface area contributed by atoms with E-state index in [1.54, 1.807) is 6.33 Å². The summed E-state index contributed by atoms with van der Waals surface area (Å²) in [6.45, 7) is 0.862. The molecule has 14 heavy (non-hydrogen) atoms. The third-order valence-corrected chi connectivity index (χ3v) is 3.60. The summed E-state index contributed by atoms with van der Waals surface area (Å²) >= 11 is 0. The molecule has 1 aromatic rings. The van der Waals surface area contributed by atoms with Gasteiger partial charge in [0.15, 0.2) is 0 Å². The van der Waals surface area contributed by atoms with E-state index in [0.29, 0.717) is 0 Å². The Balaban J connectivity index is 1.52. The summed E-state index contributed by atoms with van der Waals surface area (Å²) in [6.07, 6.45) is 6.00. The number of nitrogens with one attached hydrogen (secondary N) is 1. The van der Waals surface area contributed by atoms with Crippen LogP contribution in [0.15, 0.2) is 6.33 Å². The van der Waals surface area contributed by atoms with Gasteiger partial charge >= 0.3 is 0 Å². The Morgan fingerprint density at radius 2 is 2.21 bits per heavy atom. The zero-order valence-corrected chi connectivity index (χ0v) is 8.48. The standard InChI is InChI=1S/C10H16N4/c1-14-6-12-13-10(14)5-11-9-3-7-2-8(7)4-9/h6-9,11H,2-5H2,1H3. The normalized spacial score (nSPS) is 34.5. The molecule has 4 heteroatoms. The lowest BCUT2D eigenvalue weighted by molar-refractivity contribution is 0.468. The van der Waals surface area contributed by atoms with Crippen molar-refractivity contribution < 1.29 is 0 Å². The van der Waals surface area contributed by atoms with Gasteiger partial charge in [0.25, 0.3) is 0 Å². The minimum atomic E-state index is 0.732. The van der Waals surface area contributed by atoms with Gasteiger partial charge in [0.05, 0.1) is 6.54 Å². The fourth-order valence-corrected chi connectivity index (χ4v) is 2.58. The van der Waals surface area contributed by atoms with Crippen molar-refractivity contribution in [3.8, 4) is 0 Å². The molecule has 0 spiro atoms. The molecule has 1 heterocycles. The van der Waals surface area contributed by atoms with Crippen molar-refractivity contribution in [1.82, 2.24) is 20.1 Å². The van der Waals surface area contributed by atoms with Gasteiger partial charge in [-0.25, -0.2) is 0 Å². The lowest BCUT2D eigenvalue weighted by Gasteiger charge is -2.13. The third kappa shape index (κ3) is 1.43. The van der Waals surface area contributed by atoms with Crippen molar-refractivity contribution in [2.24, 2.45) is 18.9 Å². The van der Waals surface area contributed by atoms with E-state index in [1.807, 2.05) is 11.6 Å². The molecule has 1 aromatic heterocycles. The molecule has 2 aliphatic rings. The van der Waals surface area contributed by atoms with Gasteiger partial charge < -0.3 is 9.88 Å². The molecule has 0 radical (unpaired) electrons. The number of hydrogen-bond donors (Lipinski definition) is 1. The Labute approximate surface area is 83.7 Å². The van der Waals surface area contributed by atoms with Crippen LogP contribution < -0.4 is 5.32 Å². The third-order valence-electron chi connectivity index (χ3n) is 3.60. The molecule has 2 unspecified atom stereocenters. The monoisotopic (exact) mass is 192 g/mol. The quantitative estimate of drug-likeness (QED) is 0.766. The Morgan fingerprint density at radius 3 is 2.86 bits per heavy atom. The minimum absolute atomic E-state index is 0.732. The largest absolute Gasteiger partial charge is 0.320 e. The number of rotatable bonds is 3. The van der Waals surface area contributed by atoms with Crippen molar-refractivity contribution in [1.29, 1.82) is 0 Å². The van der Waals surface area contributed by atoms with Gasteiger partial charge in [0.1, 0.15) is 12.2 Å². The number of hydrogen-bond acceptors (Lipinski definition) is 3. The second kappa shape index (κ2) is 3.05. The maximum atomic E-state index is 4.06. The summed E-state index contributed by atoms with van der Waals surface area (Å²) in [5.41, 5.74) is 0. The van der Waals surface area contributed by atoms with E-state index in [0.717, 1.165) is 30.2 Å². The van der Waals surface area contributed by atoms with Gasteiger partial charge in [-0.2, -0.15) is 0 Å². The van der Waals surface area contributed by atoms with Crippen LogP contribution in [0.3, 0.4) is 0 Å². The van der Waals surface area contributed by atoms with Gasteiger partial charge in [-0.05, 0) is 31.1 Å². The first-order chi connectivity index (χ1) is 6.83. The molecular formula is C10H16N4. The molecule has 0 bridgehead atoms. The Morgan fingerprint density at radius 1 is 1.43 bits per heavy atom. The van der Waals surface area contributed by atoms with E-state index < -0.39 is 0 Å². The van der Waals surface area contributed by atoms with Crippen molar-refractivity contribution >= 4 is 0 Å². The molecule has 1 N–H and O–H groups in total. The van der Waals surface area contributed by atoms with Crippen LogP contribution in [0.25, 0.3) is 0 Å². The molecule has 4 nitrogen and oxygen atoms in total. The Hall–Kier alpha value is -0.900. The molecule has 3 rings (SSSR count). The summed E-state index contributed by atoms with van der Waals surface area (Å²) in [7, 11) is 1.99. The predicted molar refractivity (Wildman–Crippen MR) is 52.5 cm³/mol. The number of nitrogens with zero attached hydrogens (tertiary/aromatic N) is 3. The van der Waals surface area contributed by atoms with Crippen LogP contribution in [0.4, 0.5) is 0 Å². The molecule has 2 saturated carbocycles. The highest BCUT2D eigenvalue weighted by atomic mass is 15.3. The molecule has 2 fully saturated rings. The van der Waals surface area contributed by atoms with Crippen LogP contribution in [-0.2, 0) is 13.6 Å². The van der Waals surface area contributed by atoms with Crippen LogP contribution >= 0.6 is 0 Å². The summed E-state index contributed by atoms with van der Waals surface area (Å²) in [6, 6.07) is 0.732. The summed E-state index contributed by atoms with van der Waals surface area (Å²) in [4.78, 5) is 0. The number of aromatic nitrogens is 3. The van der Waals surface area contributed by atoms with E-state index in [-0.39, 0.29) is 0 Å². The van der Waals surface area contributed by atoms with Gasteiger partial charge in [0, 0.05) is 13.1 Å². The van der Waals surface area contributed by atoms with Gasteiger partial charge in [0.2, 0.25) is 0 Å². The van der Waals surface area contributed by atoms with E-state index in [9.17, 15) is 0 Å². The van der Waals surface area contributed by atoms with Gasteiger partial charge in [-0.15, -0.1) is 10.2 Å². The van der Waals surface area contributed by atoms with Crippen LogP contribution in [0, 0.1) is 11.8 Å². The summed E-state index contributed by atoms with van der Waals surface area (Å²) < 4.78 is 1.97. The van der Waals surface area contributed by atoms with E-state index in [2.05, 4.69) is 15.5 Å². The first-order valence-corrected chi connectivity index (χ1v) is 5.39. The molecule has 0 aromatic carbocycles. The molecule has 0 saturated heterocycles. The van der Waals surface area contributed by atoms with Crippen molar-refractivity contribution in [2.45, 2.75) is 31.8 Å². The number of aryl methyl sites for hydroxylation is 1. The molecule has 0 aliphatic heterocycles. The van der Waals surface area contributed by atoms with Crippen LogP contribution in [-0.4, -0.2) is 20.8 Å². The molecule has 2 atom stereocenters. The van der Waals surface area contributed by atoms with Crippen molar-refractivity contribution in [2.75, 3.05) is 0 Å². The Bertz CT molecular complexity index is 323. The first kappa shape index (κ1) is 8.41. The van der Waals surface area contributed by atoms with Crippen LogP contribution in [0.5, 0.6) is 0 Å². The SMILES string of the molecule is Cn1cnnc1CNC1CC2CC2C1. The average Bonchev–Trinajstić information content (AvgIpc) is 2.61. The van der Waals surface area contributed by atoms with Gasteiger partial charge in [-0.1, -0.05) is 0 Å². The summed E-state index contributed by atoms with van der Waals surface area (Å²) in [5, 5.41) is 11.5. The highest BCUT2D eigenvalue weighted by Gasteiger charge is 2.45. The second-order valence-corrected chi connectivity index (χ2v) is 4.66. The van der Waals surface area contributed by atoms with E-state index in [4.69, 9.17) is 0 Å². The topological polar surface area (TPSA) is 42.7 Å². The lowest BCUT2D eigenvalue weighted by Crippen LogP contribution is -2.28. The van der Waals surface area contributed by atoms with Crippen molar-refractivity contribution in [3.63, 3.8) is 0 Å². The maximum Gasteiger partial charge on any atom is 0.146 e. The Kier molecular flexibility index (Phi) is 1.83. The maximum absolute atomic E-state index is 4.06. The smallest absolute Gasteiger partial charge is 0.146 e. The van der Waals surface area contributed by atoms with Crippen molar-refractivity contribution in [3.05, 3.63) is 12.2 Å².